The number of rotatable bonds is 4. The Morgan fingerprint density at radius 1 is 1.00 bits per heavy atom. The van der Waals surface area contributed by atoms with Gasteiger partial charge in [-0.15, -0.1) is 11.8 Å². The number of benzene rings is 2. The summed E-state index contributed by atoms with van der Waals surface area (Å²) in [7, 11) is 3.63. The molecule has 1 amide bonds. The SMILES string of the molecule is CC(=O)N1CCN(c2nc(=O)n3c4c(c(-c5ccc(F)c6cnn(C)c56)c(C(F)(F)F)cc24)SCC3CN2CCN(C)CC2)CC1. The number of amides is 1. The van der Waals surface area contributed by atoms with E-state index in [1.807, 2.05) is 0 Å². The zero-order chi connectivity index (χ0) is 32.5. The number of aromatic nitrogens is 4. The van der Waals surface area contributed by atoms with Crippen LogP contribution in [0.4, 0.5) is 23.4 Å². The highest BCUT2D eigenvalue weighted by Gasteiger charge is 2.40. The third kappa shape index (κ3) is 5.21. The van der Waals surface area contributed by atoms with Gasteiger partial charge in [-0.05, 0) is 25.2 Å². The van der Waals surface area contributed by atoms with Crippen LogP contribution < -0.4 is 10.6 Å². The third-order valence-corrected chi connectivity index (χ3v) is 10.7. The molecule has 7 rings (SSSR count). The number of alkyl halides is 3. The summed E-state index contributed by atoms with van der Waals surface area (Å²) >= 11 is 1.30. The molecule has 1 unspecified atom stereocenters. The maximum absolute atomic E-state index is 15.2. The van der Waals surface area contributed by atoms with E-state index >= 15 is 13.2 Å². The molecule has 0 N–H and O–H groups in total. The molecule has 3 aliphatic rings. The average Bonchev–Trinajstić information content (AvgIpc) is 3.42. The second-order valence-corrected chi connectivity index (χ2v) is 13.3. The maximum atomic E-state index is 15.2. The molecule has 46 heavy (non-hydrogen) atoms. The molecule has 0 saturated carbocycles. The number of aryl methyl sites for hydroxylation is 1. The number of fused-ring (bicyclic) bond motifs is 1. The van der Waals surface area contributed by atoms with Crippen LogP contribution in [0.3, 0.4) is 0 Å². The van der Waals surface area contributed by atoms with E-state index in [1.54, 1.807) is 21.4 Å². The molecule has 10 nitrogen and oxygen atoms in total. The predicted molar refractivity (Wildman–Crippen MR) is 169 cm³/mol. The Morgan fingerprint density at radius 3 is 2.39 bits per heavy atom. The van der Waals surface area contributed by atoms with E-state index in [0.717, 1.165) is 32.2 Å². The van der Waals surface area contributed by atoms with Crippen molar-refractivity contribution in [3.05, 3.63) is 46.3 Å². The van der Waals surface area contributed by atoms with Crippen LogP contribution in [0.15, 0.2) is 34.1 Å². The van der Waals surface area contributed by atoms with Gasteiger partial charge >= 0.3 is 11.9 Å². The second kappa shape index (κ2) is 11.5. The van der Waals surface area contributed by atoms with E-state index in [4.69, 9.17) is 0 Å². The summed E-state index contributed by atoms with van der Waals surface area (Å²) in [6.07, 6.45) is -3.46. The first-order valence-electron chi connectivity index (χ1n) is 15.3. The summed E-state index contributed by atoms with van der Waals surface area (Å²) in [6.45, 7) is 6.84. The van der Waals surface area contributed by atoms with Gasteiger partial charge in [-0.1, -0.05) is 0 Å². The topological polar surface area (TPSA) is 82.7 Å². The third-order valence-electron chi connectivity index (χ3n) is 9.44. The van der Waals surface area contributed by atoms with Crippen molar-refractivity contribution in [3.63, 3.8) is 0 Å². The van der Waals surface area contributed by atoms with Gasteiger partial charge < -0.3 is 14.7 Å². The van der Waals surface area contributed by atoms with Gasteiger partial charge in [0.1, 0.15) is 11.6 Å². The molecule has 2 saturated heterocycles. The lowest BCUT2D eigenvalue weighted by atomic mass is 9.94. The molecule has 0 bridgehead atoms. The summed E-state index contributed by atoms with van der Waals surface area (Å²) < 4.78 is 63.3. The number of halogens is 4. The minimum absolute atomic E-state index is 0.0856. The lowest BCUT2D eigenvalue weighted by Gasteiger charge is -2.38. The quantitative estimate of drug-likeness (QED) is 0.308. The van der Waals surface area contributed by atoms with Crippen LogP contribution in [0, 0.1) is 5.82 Å². The minimum atomic E-state index is -4.78. The zero-order valence-corrected chi connectivity index (χ0v) is 26.6. The second-order valence-electron chi connectivity index (χ2n) is 12.3. The molecule has 5 heterocycles. The largest absolute Gasteiger partial charge is 0.417 e. The van der Waals surface area contributed by atoms with E-state index in [0.29, 0.717) is 48.9 Å². The highest BCUT2D eigenvalue weighted by atomic mass is 32.2. The molecule has 15 heteroatoms. The summed E-state index contributed by atoms with van der Waals surface area (Å²) in [5.74, 6) is -0.111. The van der Waals surface area contributed by atoms with E-state index < -0.39 is 23.2 Å². The fourth-order valence-corrected chi connectivity index (χ4v) is 8.30. The first-order chi connectivity index (χ1) is 21.9. The number of carbonyl (C=O) groups is 1. The number of thioether (sulfide) groups is 1. The van der Waals surface area contributed by atoms with Gasteiger partial charge in [-0.2, -0.15) is 23.3 Å². The highest BCUT2D eigenvalue weighted by molar-refractivity contribution is 7.99. The molecule has 4 aromatic rings. The Bertz CT molecular complexity index is 1910. The normalized spacial score (nSPS) is 19.8. The molecule has 0 spiro atoms. The number of hydrogen-bond acceptors (Lipinski definition) is 8. The van der Waals surface area contributed by atoms with Crippen molar-refractivity contribution in [1.82, 2.24) is 34.0 Å². The van der Waals surface area contributed by atoms with Crippen molar-refractivity contribution in [3.8, 4) is 11.1 Å². The Morgan fingerprint density at radius 2 is 1.72 bits per heavy atom. The van der Waals surface area contributed by atoms with Crippen LogP contribution >= 0.6 is 11.8 Å². The average molecular weight is 659 g/mol. The fourth-order valence-electron chi connectivity index (χ4n) is 6.98. The van der Waals surface area contributed by atoms with Crippen molar-refractivity contribution in [1.29, 1.82) is 0 Å². The number of nitrogens with zero attached hydrogens (tertiary/aromatic N) is 8. The summed E-state index contributed by atoms with van der Waals surface area (Å²) in [6, 6.07) is 3.32. The van der Waals surface area contributed by atoms with Crippen molar-refractivity contribution < 1.29 is 22.4 Å². The standard InChI is InChI=1S/C31H34F4N8O2S/c1-18(44)41-10-12-42(13-11-41)29-21-14-23(31(33,34)35)25(20-4-5-24(32)22-15-36-39(3)26(20)22)28-27(21)43(30(45)37-29)19(17-46-28)16-40-8-6-38(2)7-9-40/h4-5,14-15,19H,6-13,16-17H2,1-3H3. The molecule has 3 aliphatic heterocycles. The molecule has 2 aromatic carbocycles. The number of anilines is 1. The van der Waals surface area contributed by atoms with Gasteiger partial charge in [0.15, 0.2) is 0 Å². The molecular formula is C31H34F4N8O2S. The van der Waals surface area contributed by atoms with Gasteiger partial charge in [-0.25, -0.2) is 9.18 Å². The summed E-state index contributed by atoms with van der Waals surface area (Å²) in [5.41, 5.74) is -0.661. The van der Waals surface area contributed by atoms with Crippen LogP contribution in [0.25, 0.3) is 32.9 Å². The first kappa shape index (κ1) is 30.9. The lowest BCUT2D eigenvalue weighted by molar-refractivity contribution is -0.137. The summed E-state index contributed by atoms with van der Waals surface area (Å²) in [4.78, 5) is 38.8. The Labute approximate surface area is 266 Å². The van der Waals surface area contributed by atoms with Gasteiger partial charge in [0.05, 0.1) is 34.2 Å². The van der Waals surface area contributed by atoms with Crippen molar-refractivity contribution in [2.24, 2.45) is 7.05 Å². The molecule has 0 radical (unpaired) electrons. The van der Waals surface area contributed by atoms with Gasteiger partial charge in [0.25, 0.3) is 0 Å². The Balaban J connectivity index is 1.49. The molecule has 2 aromatic heterocycles. The Kier molecular flexibility index (Phi) is 7.75. The van der Waals surface area contributed by atoms with Gasteiger partial charge in [0, 0.05) is 100 Å². The van der Waals surface area contributed by atoms with Crippen molar-refractivity contribution >= 4 is 45.3 Å². The van der Waals surface area contributed by atoms with Crippen molar-refractivity contribution in [2.75, 3.05) is 76.6 Å². The fraction of sp³-hybridized carbons (Fsp3) is 0.484. The van der Waals surface area contributed by atoms with Gasteiger partial charge in [-0.3, -0.25) is 18.9 Å². The smallest absolute Gasteiger partial charge is 0.352 e. The first-order valence-corrected chi connectivity index (χ1v) is 16.3. The van der Waals surface area contributed by atoms with Crippen molar-refractivity contribution in [2.45, 2.75) is 24.0 Å². The van der Waals surface area contributed by atoms with E-state index in [9.17, 15) is 14.0 Å². The minimum Gasteiger partial charge on any atom is -0.352 e. The van der Waals surface area contributed by atoms with E-state index in [1.165, 1.54) is 41.7 Å². The Hall–Kier alpha value is -3.69. The van der Waals surface area contributed by atoms with Crippen LogP contribution in [-0.2, 0) is 18.0 Å². The van der Waals surface area contributed by atoms with Crippen LogP contribution in [0.5, 0.6) is 0 Å². The lowest BCUT2D eigenvalue weighted by Crippen LogP contribution is -2.49. The van der Waals surface area contributed by atoms with E-state index in [2.05, 4.69) is 26.9 Å². The zero-order valence-electron chi connectivity index (χ0n) is 25.8. The number of carbonyl (C=O) groups excluding carboxylic acids is 1. The number of piperazine rings is 2. The van der Waals surface area contributed by atoms with Crippen LogP contribution in [-0.4, -0.2) is 112 Å². The summed E-state index contributed by atoms with van der Waals surface area (Å²) in [5, 5.41) is 4.51. The maximum Gasteiger partial charge on any atom is 0.417 e. The highest BCUT2D eigenvalue weighted by Crippen LogP contribution is 2.51. The van der Waals surface area contributed by atoms with Crippen LogP contribution in [0.1, 0.15) is 18.5 Å². The number of likely N-dealkylation sites (N-methyl/N-ethyl adjacent to an activating group) is 1. The molecule has 0 aliphatic carbocycles. The molecule has 2 fully saturated rings. The predicted octanol–water partition coefficient (Wildman–Crippen LogP) is 3.67. The molecular weight excluding hydrogens is 624 g/mol. The van der Waals surface area contributed by atoms with Crippen LogP contribution in [0.2, 0.25) is 0 Å². The van der Waals surface area contributed by atoms with E-state index in [-0.39, 0.29) is 45.2 Å². The molecule has 1 atom stereocenters. The monoisotopic (exact) mass is 658 g/mol. The van der Waals surface area contributed by atoms with Gasteiger partial charge in [0.2, 0.25) is 5.91 Å². The number of hydrogen-bond donors (Lipinski definition) is 0. The molecule has 244 valence electrons.